The molecule has 0 bridgehead atoms. The van der Waals surface area contributed by atoms with E-state index in [2.05, 4.69) is 27.3 Å². The summed E-state index contributed by atoms with van der Waals surface area (Å²) in [4.78, 5) is 32.3. The van der Waals surface area contributed by atoms with Crippen LogP contribution >= 0.6 is 11.8 Å². The zero-order chi connectivity index (χ0) is 24.8. The highest BCUT2D eigenvalue weighted by molar-refractivity contribution is 7.99. The van der Waals surface area contributed by atoms with E-state index in [9.17, 15) is 9.59 Å². The van der Waals surface area contributed by atoms with Gasteiger partial charge < -0.3 is 24.7 Å². The maximum absolute atomic E-state index is 13.0. The molecule has 10 heteroatoms. The number of hydrogen-bond acceptors (Lipinski definition) is 8. The van der Waals surface area contributed by atoms with Crippen molar-refractivity contribution in [1.29, 1.82) is 0 Å². The number of thioether (sulfide) groups is 1. The van der Waals surface area contributed by atoms with E-state index in [-0.39, 0.29) is 17.3 Å². The molecule has 1 aromatic carbocycles. The molecule has 1 fully saturated rings. The molecule has 2 aromatic rings. The van der Waals surface area contributed by atoms with E-state index < -0.39 is 0 Å². The standard InChI is InChI=1S/C25H35N5O4S/c1-28-12-14-29(15-13-28)30-20-7-5-4-6-19(20)24(27-25(30)32)35-17-23(31)26-11-10-18-8-9-21(33-2)22(16-18)34-3/h8-9,16H,4-7,10-15,17H2,1-3H3,(H,26,31). The summed E-state index contributed by atoms with van der Waals surface area (Å²) in [6.07, 6.45) is 4.63. The van der Waals surface area contributed by atoms with Gasteiger partial charge in [0.15, 0.2) is 11.5 Å². The number of aromatic nitrogens is 2. The Morgan fingerprint density at radius 3 is 2.57 bits per heavy atom. The van der Waals surface area contributed by atoms with Crippen LogP contribution in [0.3, 0.4) is 0 Å². The normalized spacial score (nSPS) is 16.0. The minimum Gasteiger partial charge on any atom is -0.493 e. The van der Waals surface area contributed by atoms with Crippen molar-refractivity contribution in [3.63, 3.8) is 0 Å². The van der Waals surface area contributed by atoms with Gasteiger partial charge in [-0.15, -0.1) is 0 Å². The summed E-state index contributed by atoms with van der Waals surface area (Å²) < 4.78 is 12.4. The molecule has 1 amide bonds. The first kappa shape index (κ1) is 25.4. The second kappa shape index (κ2) is 11.8. The molecule has 1 saturated heterocycles. The molecule has 35 heavy (non-hydrogen) atoms. The average molecular weight is 502 g/mol. The molecule has 1 N–H and O–H groups in total. The Kier molecular flexibility index (Phi) is 8.56. The molecule has 0 saturated carbocycles. The van der Waals surface area contributed by atoms with Crippen molar-refractivity contribution in [2.24, 2.45) is 0 Å². The molecule has 2 heterocycles. The summed E-state index contributed by atoms with van der Waals surface area (Å²) in [5.41, 5.74) is 3.04. The first-order valence-corrected chi connectivity index (χ1v) is 13.2. The van der Waals surface area contributed by atoms with Crippen molar-refractivity contribution in [1.82, 2.24) is 19.9 Å². The van der Waals surface area contributed by atoms with Gasteiger partial charge in [0.05, 0.1) is 25.7 Å². The number of nitrogens with one attached hydrogen (secondary N) is 1. The van der Waals surface area contributed by atoms with Gasteiger partial charge in [0, 0.05) is 38.3 Å². The van der Waals surface area contributed by atoms with Crippen LogP contribution in [0.5, 0.6) is 11.5 Å². The van der Waals surface area contributed by atoms with Gasteiger partial charge in [-0.3, -0.25) is 4.79 Å². The molecule has 0 atom stereocenters. The summed E-state index contributed by atoms with van der Waals surface area (Å²) in [6.45, 7) is 4.02. The predicted molar refractivity (Wildman–Crippen MR) is 138 cm³/mol. The zero-order valence-electron chi connectivity index (χ0n) is 20.8. The lowest BCUT2D eigenvalue weighted by atomic mass is 9.97. The van der Waals surface area contributed by atoms with Gasteiger partial charge in [-0.1, -0.05) is 17.8 Å². The third-order valence-electron chi connectivity index (χ3n) is 6.62. The minimum atomic E-state index is -0.230. The molecular weight excluding hydrogens is 466 g/mol. The van der Waals surface area contributed by atoms with Gasteiger partial charge >= 0.3 is 5.69 Å². The van der Waals surface area contributed by atoms with Gasteiger partial charge in [-0.25, -0.2) is 9.47 Å². The second-order valence-corrected chi connectivity index (χ2v) is 9.94. The van der Waals surface area contributed by atoms with Crippen LogP contribution in [0, 0.1) is 0 Å². The van der Waals surface area contributed by atoms with Gasteiger partial charge in [0.2, 0.25) is 5.91 Å². The Labute approximate surface area is 210 Å². The first-order valence-electron chi connectivity index (χ1n) is 12.2. The molecule has 1 aliphatic carbocycles. The molecule has 0 radical (unpaired) electrons. The first-order chi connectivity index (χ1) is 17.0. The summed E-state index contributed by atoms with van der Waals surface area (Å²) >= 11 is 1.37. The van der Waals surface area contributed by atoms with E-state index >= 15 is 0 Å². The molecular formula is C25H35N5O4S. The van der Waals surface area contributed by atoms with E-state index in [1.807, 2.05) is 22.9 Å². The highest BCUT2D eigenvalue weighted by Crippen LogP contribution is 2.29. The Hall–Kier alpha value is -2.72. The maximum Gasteiger partial charge on any atom is 0.367 e. The molecule has 1 aromatic heterocycles. The Morgan fingerprint density at radius 1 is 1.09 bits per heavy atom. The highest BCUT2D eigenvalue weighted by Gasteiger charge is 2.25. The largest absolute Gasteiger partial charge is 0.493 e. The van der Waals surface area contributed by atoms with Crippen molar-refractivity contribution in [2.75, 3.05) is 64.8 Å². The quantitative estimate of drug-likeness (QED) is 0.408. The number of benzene rings is 1. The van der Waals surface area contributed by atoms with Crippen LogP contribution in [-0.4, -0.2) is 80.2 Å². The van der Waals surface area contributed by atoms with E-state index in [1.54, 1.807) is 14.2 Å². The van der Waals surface area contributed by atoms with Gasteiger partial charge in [-0.2, -0.15) is 4.98 Å². The van der Waals surface area contributed by atoms with Gasteiger partial charge in [0.1, 0.15) is 5.03 Å². The maximum atomic E-state index is 13.0. The fourth-order valence-corrected chi connectivity index (χ4v) is 5.55. The number of piperazine rings is 1. The fraction of sp³-hybridized carbons (Fsp3) is 0.560. The number of rotatable bonds is 9. The van der Waals surface area contributed by atoms with Crippen LogP contribution in [-0.2, 0) is 24.1 Å². The van der Waals surface area contributed by atoms with Crippen molar-refractivity contribution in [3.05, 3.63) is 45.5 Å². The smallest absolute Gasteiger partial charge is 0.367 e. The third kappa shape index (κ3) is 6.10. The van der Waals surface area contributed by atoms with Crippen molar-refractivity contribution >= 4 is 17.7 Å². The lowest BCUT2D eigenvalue weighted by Gasteiger charge is -2.37. The number of nitrogens with zero attached hydrogens (tertiary/aromatic N) is 4. The number of amides is 1. The lowest BCUT2D eigenvalue weighted by molar-refractivity contribution is -0.118. The number of methoxy groups -OCH3 is 2. The van der Waals surface area contributed by atoms with E-state index in [0.29, 0.717) is 29.5 Å². The molecule has 4 rings (SSSR count). The van der Waals surface area contributed by atoms with Crippen LogP contribution in [0.15, 0.2) is 28.0 Å². The number of carbonyl (C=O) groups is 1. The minimum absolute atomic E-state index is 0.0647. The van der Waals surface area contributed by atoms with Crippen LogP contribution < -0.4 is 25.5 Å². The molecule has 0 unspecified atom stereocenters. The number of carbonyl (C=O) groups excluding carboxylic acids is 1. The van der Waals surface area contributed by atoms with Crippen molar-refractivity contribution < 1.29 is 14.3 Å². The van der Waals surface area contributed by atoms with Gasteiger partial charge in [-0.05, 0) is 56.8 Å². The Bertz CT molecular complexity index is 1100. The fourth-order valence-electron chi connectivity index (χ4n) is 4.64. The molecule has 1 aliphatic heterocycles. The highest BCUT2D eigenvalue weighted by atomic mass is 32.2. The van der Waals surface area contributed by atoms with Crippen LogP contribution in [0.1, 0.15) is 29.7 Å². The third-order valence-corrected chi connectivity index (χ3v) is 7.63. The number of fused-ring (bicyclic) bond motifs is 1. The SMILES string of the molecule is COc1ccc(CCNC(=O)CSc2nc(=O)n(N3CCN(C)CC3)c3c2CCCC3)cc1OC. The zero-order valence-corrected chi connectivity index (χ0v) is 21.7. The van der Waals surface area contributed by atoms with Crippen molar-refractivity contribution in [3.8, 4) is 11.5 Å². The molecule has 0 spiro atoms. The summed E-state index contributed by atoms with van der Waals surface area (Å²) in [6, 6.07) is 5.75. The number of hydrogen-bond donors (Lipinski definition) is 1. The van der Waals surface area contributed by atoms with Gasteiger partial charge in [0.25, 0.3) is 0 Å². The molecule has 2 aliphatic rings. The topological polar surface area (TPSA) is 88.9 Å². The van der Waals surface area contributed by atoms with Crippen molar-refractivity contribution in [2.45, 2.75) is 37.1 Å². The summed E-state index contributed by atoms with van der Waals surface area (Å²) in [7, 11) is 5.32. The van der Waals surface area contributed by atoms with E-state index in [4.69, 9.17) is 9.47 Å². The average Bonchev–Trinajstić information content (AvgIpc) is 2.88. The van der Waals surface area contributed by atoms with E-state index in [1.165, 1.54) is 11.8 Å². The summed E-state index contributed by atoms with van der Waals surface area (Å²) in [5, 5.41) is 5.82. The van der Waals surface area contributed by atoms with E-state index in [0.717, 1.165) is 68.7 Å². The monoisotopic (exact) mass is 501 g/mol. The van der Waals surface area contributed by atoms with Crippen LogP contribution in [0.2, 0.25) is 0 Å². The number of ether oxygens (including phenoxy) is 2. The van der Waals surface area contributed by atoms with Crippen LogP contribution in [0.4, 0.5) is 0 Å². The number of likely N-dealkylation sites (N-methyl/N-ethyl adjacent to an activating group) is 1. The Morgan fingerprint density at radius 2 is 1.83 bits per heavy atom. The molecule has 9 nitrogen and oxygen atoms in total. The summed E-state index contributed by atoms with van der Waals surface area (Å²) in [5.74, 6) is 1.53. The van der Waals surface area contributed by atoms with Crippen LogP contribution in [0.25, 0.3) is 0 Å². The molecule has 190 valence electrons. The Balaban J connectivity index is 1.36. The lowest BCUT2D eigenvalue weighted by Crippen LogP contribution is -2.55. The predicted octanol–water partition coefficient (Wildman–Crippen LogP) is 1.47. The second-order valence-electron chi connectivity index (χ2n) is 8.98.